The maximum absolute atomic E-state index is 12.6. The molecule has 0 aromatic heterocycles. The monoisotopic (exact) mass is 370 g/mol. The molecule has 0 bridgehead atoms. The highest BCUT2D eigenvalue weighted by molar-refractivity contribution is 7.89. The van der Waals surface area contributed by atoms with Crippen molar-refractivity contribution >= 4 is 21.9 Å². The van der Waals surface area contributed by atoms with Gasteiger partial charge in [0.25, 0.3) is 0 Å². The first-order chi connectivity index (χ1) is 11.9. The third-order valence-electron chi connectivity index (χ3n) is 3.99. The molecule has 1 fully saturated rings. The van der Waals surface area contributed by atoms with Gasteiger partial charge >= 0.3 is 5.97 Å². The molecule has 1 aromatic carbocycles. The summed E-state index contributed by atoms with van der Waals surface area (Å²) in [5.74, 6) is -1.15. The number of rotatable bonds is 7. The standard InChI is InChI=1S/C16H22N2O6S/c1-2-24-12-7-15(19)17-8-10-18(11-9-17)25(22,23)14-5-3-13(4-6-14)16(20)21/h3-6H,2,7-12H2,1H3,(H,20,21). The van der Waals surface area contributed by atoms with E-state index in [4.69, 9.17) is 9.84 Å². The van der Waals surface area contributed by atoms with Crippen LogP contribution in [-0.4, -0.2) is 74.0 Å². The molecule has 0 spiro atoms. The summed E-state index contributed by atoms with van der Waals surface area (Å²) in [5.41, 5.74) is 0.0312. The minimum atomic E-state index is -3.70. The van der Waals surface area contributed by atoms with Crippen LogP contribution in [0.2, 0.25) is 0 Å². The summed E-state index contributed by atoms with van der Waals surface area (Å²) in [6, 6.07) is 5.11. The number of aromatic carboxylic acids is 1. The fraction of sp³-hybridized carbons (Fsp3) is 0.500. The number of carboxylic acids is 1. The predicted molar refractivity (Wildman–Crippen MR) is 89.9 cm³/mol. The number of benzene rings is 1. The molecule has 0 aliphatic carbocycles. The smallest absolute Gasteiger partial charge is 0.335 e. The van der Waals surface area contributed by atoms with E-state index < -0.39 is 16.0 Å². The zero-order valence-corrected chi connectivity index (χ0v) is 14.9. The normalized spacial score (nSPS) is 16.0. The number of hydrogen-bond acceptors (Lipinski definition) is 5. The molecule has 138 valence electrons. The third-order valence-corrected chi connectivity index (χ3v) is 5.91. The molecule has 1 aromatic rings. The van der Waals surface area contributed by atoms with E-state index in [1.165, 1.54) is 28.6 Å². The highest BCUT2D eigenvalue weighted by Gasteiger charge is 2.30. The van der Waals surface area contributed by atoms with Crippen molar-refractivity contribution in [2.45, 2.75) is 18.2 Å². The van der Waals surface area contributed by atoms with E-state index in [2.05, 4.69) is 0 Å². The van der Waals surface area contributed by atoms with Crippen molar-refractivity contribution in [3.8, 4) is 0 Å². The first kappa shape index (κ1) is 19.4. The quantitative estimate of drug-likeness (QED) is 0.707. The van der Waals surface area contributed by atoms with Crippen molar-refractivity contribution in [1.82, 2.24) is 9.21 Å². The number of carbonyl (C=O) groups is 2. The van der Waals surface area contributed by atoms with Crippen LogP contribution in [0.15, 0.2) is 29.2 Å². The van der Waals surface area contributed by atoms with Crippen molar-refractivity contribution in [3.63, 3.8) is 0 Å². The lowest BCUT2D eigenvalue weighted by Crippen LogP contribution is -2.50. The molecule has 0 radical (unpaired) electrons. The van der Waals surface area contributed by atoms with Crippen LogP contribution in [0.1, 0.15) is 23.7 Å². The Labute approximate surface area is 147 Å². The van der Waals surface area contributed by atoms with E-state index in [0.717, 1.165) is 0 Å². The SMILES string of the molecule is CCOCCC(=O)N1CCN(S(=O)(=O)c2ccc(C(=O)O)cc2)CC1. The summed E-state index contributed by atoms with van der Waals surface area (Å²) in [6.07, 6.45) is 0.289. The Morgan fingerprint density at radius 2 is 1.72 bits per heavy atom. The van der Waals surface area contributed by atoms with E-state index in [0.29, 0.717) is 26.3 Å². The van der Waals surface area contributed by atoms with Crippen LogP contribution >= 0.6 is 0 Å². The Kier molecular flexibility index (Phi) is 6.51. The molecule has 1 saturated heterocycles. The summed E-state index contributed by atoms with van der Waals surface area (Å²) < 4.78 is 31.7. The maximum atomic E-state index is 12.6. The van der Waals surface area contributed by atoms with Gasteiger partial charge in [0.1, 0.15) is 0 Å². The Morgan fingerprint density at radius 1 is 1.12 bits per heavy atom. The topological polar surface area (TPSA) is 104 Å². The van der Waals surface area contributed by atoms with Crippen molar-refractivity contribution in [1.29, 1.82) is 0 Å². The molecular formula is C16H22N2O6S. The largest absolute Gasteiger partial charge is 0.478 e. The van der Waals surface area contributed by atoms with Gasteiger partial charge in [0.15, 0.2) is 0 Å². The molecule has 1 aliphatic rings. The van der Waals surface area contributed by atoms with Crippen molar-refractivity contribution in [2.75, 3.05) is 39.4 Å². The van der Waals surface area contributed by atoms with Gasteiger partial charge in [0, 0.05) is 32.8 Å². The lowest BCUT2D eigenvalue weighted by Gasteiger charge is -2.34. The van der Waals surface area contributed by atoms with Gasteiger partial charge in [-0.15, -0.1) is 0 Å². The first-order valence-electron chi connectivity index (χ1n) is 8.05. The Hall–Kier alpha value is -1.97. The summed E-state index contributed by atoms with van der Waals surface area (Å²) >= 11 is 0. The lowest BCUT2D eigenvalue weighted by molar-refractivity contribution is -0.133. The number of carbonyl (C=O) groups excluding carboxylic acids is 1. The minimum absolute atomic E-state index is 0.0312. The summed E-state index contributed by atoms with van der Waals surface area (Å²) in [6.45, 7) is 3.86. The molecule has 8 nitrogen and oxygen atoms in total. The Morgan fingerprint density at radius 3 is 2.24 bits per heavy atom. The predicted octanol–water partition coefficient (Wildman–Crippen LogP) is 0.644. The van der Waals surface area contributed by atoms with Crippen LogP contribution in [0, 0.1) is 0 Å². The number of ether oxygens (including phenoxy) is 1. The van der Waals surface area contributed by atoms with Crippen molar-refractivity contribution < 1.29 is 27.9 Å². The van der Waals surface area contributed by atoms with Gasteiger partial charge in [0.05, 0.1) is 23.5 Å². The molecule has 9 heteroatoms. The first-order valence-corrected chi connectivity index (χ1v) is 9.49. The zero-order chi connectivity index (χ0) is 18.4. The summed E-state index contributed by atoms with van der Waals surface area (Å²) in [5, 5.41) is 8.88. The highest BCUT2D eigenvalue weighted by Crippen LogP contribution is 2.18. The number of hydrogen-bond donors (Lipinski definition) is 1. The third kappa shape index (κ3) is 4.77. The molecule has 1 aliphatic heterocycles. The van der Waals surface area contributed by atoms with Gasteiger partial charge in [-0.1, -0.05) is 0 Å². The van der Waals surface area contributed by atoms with E-state index >= 15 is 0 Å². The Balaban J connectivity index is 1.96. The zero-order valence-electron chi connectivity index (χ0n) is 14.1. The Bertz CT molecular complexity index is 709. The van der Waals surface area contributed by atoms with Gasteiger partial charge in [-0.3, -0.25) is 4.79 Å². The van der Waals surface area contributed by atoms with E-state index in [1.807, 2.05) is 6.92 Å². The van der Waals surface area contributed by atoms with E-state index in [1.54, 1.807) is 4.90 Å². The molecule has 0 unspecified atom stereocenters. The van der Waals surface area contributed by atoms with Crippen LogP contribution in [0.3, 0.4) is 0 Å². The van der Waals surface area contributed by atoms with Crippen LogP contribution in [-0.2, 0) is 19.6 Å². The van der Waals surface area contributed by atoms with Gasteiger partial charge in [-0.2, -0.15) is 4.31 Å². The molecule has 0 saturated carbocycles. The van der Waals surface area contributed by atoms with Crippen LogP contribution in [0.5, 0.6) is 0 Å². The lowest BCUT2D eigenvalue weighted by atomic mass is 10.2. The highest BCUT2D eigenvalue weighted by atomic mass is 32.2. The molecule has 1 N–H and O–H groups in total. The molecule has 2 rings (SSSR count). The average Bonchev–Trinajstić information content (AvgIpc) is 2.62. The molecule has 25 heavy (non-hydrogen) atoms. The number of piperazine rings is 1. The fourth-order valence-corrected chi connectivity index (χ4v) is 3.98. The second kappa shape index (κ2) is 8.41. The molecule has 1 amide bonds. The van der Waals surface area contributed by atoms with E-state index in [-0.39, 0.29) is 35.9 Å². The van der Waals surface area contributed by atoms with Crippen LogP contribution < -0.4 is 0 Å². The second-order valence-electron chi connectivity index (χ2n) is 5.56. The van der Waals surface area contributed by atoms with Gasteiger partial charge < -0.3 is 14.7 Å². The summed E-state index contributed by atoms with van der Waals surface area (Å²) in [7, 11) is -3.70. The number of nitrogens with zero attached hydrogens (tertiary/aromatic N) is 2. The maximum Gasteiger partial charge on any atom is 0.335 e. The second-order valence-corrected chi connectivity index (χ2v) is 7.50. The number of amides is 1. The van der Waals surface area contributed by atoms with Crippen molar-refractivity contribution in [3.05, 3.63) is 29.8 Å². The van der Waals surface area contributed by atoms with Gasteiger partial charge in [0.2, 0.25) is 15.9 Å². The molecule has 0 atom stereocenters. The van der Waals surface area contributed by atoms with Crippen molar-refractivity contribution in [2.24, 2.45) is 0 Å². The van der Waals surface area contributed by atoms with Gasteiger partial charge in [-0.25, -0.2) is 13.2 Å². The molecule has 1 heterocycles. The van der Waals surface area contributed by atoms with Gasteiger partial charge in [-0.05, 0) is 31.2 Å². The number of sulfonamides is 1. The summed E-state index contributed by atoms with van der Waals surface area (Å²) in [4.78, 5) is 24.6. The fourth-order valence-electron chi connectivity index (χ4n) is 2.56. The average molecular weight is 370 g/mol. The number of carboxylic acid groups (broad SMARTS) is 1. The van der Waals surface area contributed by atoms with Crippen LogP contribution in [0.25, 0.3) is 0 Å². The minimum Gasteiger partial charge on any atom is -0.478 e. The molecular weight excluding hydrogens is 348 g/mol. The van der Waals surface area contributed by atoms with E-state index in [9.17, 15) is 18.0 Å². The van der Waals surface area contributed by atoms with Crippen LogP contribution in [0.4, 0.5) is 0 Å².